The van der Waals surface area contributed by atoms with E-state index in [2.05, 4.69) is 21.2 Å². The van der Waals surface area contributed by atoms with Crippen LogP contribution in [0, 0.1) is 0 Å². The van der Waals surface area contributed by atoms with Crippen molar-refractivity contribution in [3.8, 4) is 0 Å². The quantitative estimate of drug-likeness (QED) is 0.574. The van der Waals surface area contributed by atoms with Crippen molar-refractivity contribution in [2.24, 2.45) is 5.10 Å². The number of carbonyl (C=O) groups is 1. The van der Waals surface area contributed by atoms with Gasteiger partial charge in [-0.1, -0.05) is 70.5 Å². The number of halogens is 1. The van der Waals surface area contributed by atoms with Crippen LogP contribution in [0.1, 0.15) is 34.6 Å². The van der Waals surface area contributed by atoms with E-state index >= 15 is 0 Å². The molecule has 27 heavy (non-hydrogen) atoms. The molecular weight excluding hydrogens is 402 g/mol. The highest BCUT2D eigenvalue weighted by Gasteiger charge is 2.33. The summed E-state index contributed by atoms with van der Waals surface area (Å²) < 4.78 is 0.990. The van der Waals surface area contributed by atoms with Crippen LogP contribution >= 0.6 is 15.9 Å². The SMILES string of the molecule is C/C(=N\N1C(=O)c2ccccc2NC1c1ccc(Br)cc1)c1ccccc1. The average Bonchev–Trinajstić information content (AvgIpc) is 2.71. The fraction of sp³-hybridized carbons (Fsp3) is 0.0909. The molecule has 0 saturated carbocycles. The minimum atomic E-state index is -0.376. The van der Waals surface area contributed by atoms with Gasteiger partial charge in [0.2, 0.25) is 0 Å². The highest BCUT2D eigenvalue weighted by atomic mass is 79.9. The number of amides is 1. The molecule has 4 nitrogen and oxygen atoms in total. The summed E-state index contributed by atoms with van der Waals surface area (Å²) in [5.41, 5.74) is 4.17. The molecule has 3 aromatic rings. The van der Waals surface area contributed by atoms with Crippen LogP contribution in [0.4, 0.5) is 5.69 Å². The molecule has 4 rings (SSSR count). The Hall–Kier alpha value is -2.92. The van der Waals surface area contributed by atoms with Crippen molar-refractivity contribution in [1.29, 1.82) is 0 Å². The van der Waals surface area contributed by atoms with E-state index in [1.807, 2.05) is 85.8 Å². The third-order valence-corrected chi connectivity index (χ3v) is 5.07. The molecular formula is C22H18BrN3O. The van der Waals surface area contributed by atoms with Crippen LogP contribution in [0.25, 0.3) is 0 Å². The standard InChI is InChI=1S/C22H18BrN3O/c1-15(16-7-3-2-4-8-16)25-26-21(17-11-13-18(23)14-12-17)24-20-10-6-5-9-19(20)22(26)27/h2-14,21,24H,1H3/b25-15+. The van der Waals surface area contributed by atoms with Crippen LogP contribution in [0.2, 0.25) is 0 Å². The van der Waals surface area contributed by atoms with Gasteiger partial charge >= 0.3 is 0 Å². The molecule has 0 saturated heterocycles. The molecule has 1 aliphatic heterocycles. The van der Waals surface area contributed by atoms with Crippen molar-refractivity contribution in [2.45, 2.75) is 13.1 Å². The number of para-hydroxylation sites is 1. The third kappa shape index (κ3) is 3.51. The number of nitrogens with one attached hydrogen (secondary N) is 1. The largest absolute Gasteiger partial charge is 0.359 e. The van der Waals surface area contributed by atoms with Crippen molar-refractivity contribution in [3.63, 3.8) is 0 Å². The van der Waals surface area contributed by atoms with Gasteiger partial charge in [-0.3, -0.25) is 4.79 Å². The maximum Gasteiger partial charge on any atom is 0.278 e. The molecule has 0 radical (unpaired) electrons. The summed E-state index contributed by atoms with van der Waals surface area (Å²) in [6.45, 7) is 1.92. The highest BCUT2D eigenvalue weighted by molar-refractivity contribution is 9.10. The van der Waals surface area contributed by atoms with E-state index < -0.39 is 0 Å². The zero-order valence-corrected chi connectivity index (χ0v) is 16.3. The van der Waals surface area contributed by atoms with Crippen LogP contribution < -0.4 is 5.32 Å². The van der Waals surface area contributed by atoms with Crippen molar-refractivity contribution in [2.75, 3.05) is 5.32 Å². The number of fused-ring (bicyclic) bond motifs is 1. The highest BCUT2D eigenvalue weighted by Crippen LogP contribution is 2.34. The van der Waals surface area contributed by atoms with Crippen LogP contribution in [-0.4, -0.2) is 16.6 Å². The van der Waals surface area contributed by atoms with Crippen LogP contribution in [0.5, 0.6) is 0 Å². The van der Waals surface area contributed by atoms with Gasteiger partial charge in [-0.2, -0.15) is 5.10 Å². The van der Waals surface area contributed by atoms with Gasteiger partial charge in [0.15, 0.2) is 6.17 Å². The predicted octanol–water partition coefficient (Wildman–Crippen LogP) is 5.44. The summed E-state index contributed by atoms with van der Waals surface area (Å²) >= 11 is 3.46. The molecule has 1 aliphatic rings. The number of anilines is 1. The van der Waals surface area contributed by atoms with Crippen LogP contribution in [0.3, 0.4) is 0 Å². The van der Waals surface area contributed by atoms with E-state index in [9.17, 15) is 4.79 Å². The zero-order chi connectivity index (χ0) is 18.8. The van der Waals surface area contributed by atoms with E-state index in [0.717, 1.165) is 27.0 Å². The Morgan fingerprint density at radius 1 is 0.963 bits per heavy atom. The molecule has 5 heteroatoms. The summed E-state index contributed by atoms with van der Waals surface area (Å²) in [4.78, 5) is 13.2. The minimum absolute atomic E-state index is 0.118. The van der Waals surface area contributed by atoms with Crippen LogP contribution in [0.15, 0.2) is 88.4 Å². The Kier molecular flexibility index (Phi) is 4.77. The first-order chi connectivity index (χ1) is 13.1. The van der Waals surface area contributed by atoms with Crippen molar-refractivity contribution in [3.05, 3.63) is 100 Å². The Bertz CT molecular complexity index is 1000. The van der Waals surface area contributed by atoms with E-state index in [1.165, 1.54) is 5.01 Å². The lowest BCUT2D eigenvalue weighted by Gasteiger charge is -2.35. The first-order valence-electron chi connectivity index (χ1n) is 8.69. The topological polar surface area (TPSA) is 44.7 Å². The number of nitrogens with zero attached hydrogens (tertiary/aromatic N) is 2. The lowest BCUT2D eigenvalue weighted by atomic mass is 10.0. The Morgan fingerprint density at radius 3 is 2.37 bits per heavy atom. The van der Waals surface area contributed by atoms with Gasteiger partial charge < -0.3 is 5.32 Å². The number of hydrazone groups is 1. The first kappa shape index (κ1) is 17.5. The summed E-state index contributed by atoms with van der Waals surface area (Å²) in [7, 11) is 0. The Morgan fingerprint density at radius 2 is 1.63 bits per heavy atom. The lowest BCUT2D eigenvalue weighted by Crippen LogP contribution is -2.40. The molecule has 134 valence electrons. The second kappa shape index (κ2) is 7.37. The molecule has 0 spiro atoms. The molecule has 0 aromatic heterocycles. The zero-order valence-electron chi connectivity index (χ0n) is 14.8. The van der Waals surface area contributed by atoms with Gasteiger partial charge in [0.1, 0.15) is 0 Å². The first-order valence-corrected chi connectivity index (χ1v) is 9.48. The molecule has 3 aromatic carbocycles. The van der Waals surface area contributed by atoms with Gasteiger partial charge in [-0.25, -0.2) is 5.01 Å². The lowest BCUT2D eigenvalue weighted by molar-refractivity contribution is 0.0690. The van der Waals surface area contributed by atoms with Gasteiger partial charge in [-0.15, -0.1) is 0 Å². The second-order valence-electron chi connectivity index (χ2n) is 6.35. The van der Waals surface area contributed by atoms with Gasteiger partial charge in [0.25, 0.3) is 5.91 Å². The maximum absolute atomic E-state index is 13.2. The minimum Gasteiger partial charge on any atom is -0.359 e. The maximum atomic E-state index is 13.2. The number of carbonyl (C=O) groups excluding carboxylic acids is 1. The molecule has 0 aliphatic carbocycles. The molecule has 0 fully saturated rings. The third-order valence-electron chi connectivity index (χ3n) is 4.54. The predicted molar refractivity (Wildman–Crippen MR) is 112 cm³/mol. The monoisotopic (exact) mass is 419 g/mol. The fourth-order valence-electron chi connectivity index (χ4n) is 3.12. The molecule has 0 bridgehead atoms. The van der Waals surface area contributed by atoms with Gasteiger partial charge in [0.05, 0.1) is 11.3 Å². The second-order valence-corrected chi connectivity index (χ2v) is 7.26. The number of rotatable bonds is 3. The summed E-state index contributed by atoms with van der Waals surface area (Å²) in [5.74, 6) is -0.118. The molecule has 1 N–H and O–H groups in total. The van der Waals surface area contributed by atoms with Crippen molar-refractivity contribution >= 4 is 33.2 Å². The Balaban J connectivity index is 1.79. The summed E-state index contributed by atoms with van der Waals surface area (Å²) in [6.07, 6.45) is -0.376. The Labute approximate surface area is 166 Å². The number of benzene rings is 3. The number of hydrogen-bond acceptors (Lipinski definition) is 3. The van der Waals surface area contributed by atoms with Crippen LogP contribution in [-0.2, 0) is 0 Å². The van der Waals surface area contributed by atoms with Gasteiger partial charge in [0, 0.05) is 10.2 Å². The normalized spacial score (nSPS) is 16.7. The van der Waals surface area contributed by atoms with E-state index in [-0.39, 0.29) is 12.1 Å². The molecule has 1 atom stereocenters. The van der Waals surface area contributed by atoms with Crippen molar-refractivity contribution < 1.29 is 4.79 Å². The smallest absolute Gasteiger partial charge is 0.278 e. The molecule has 1 heterocycles. The molecule has 1 unspecified atom stereocenters. The molecule has 1 amide bonds. The van der Waals surface area contributed by atoms with E-state index in [4.69, 9.17) is 5.10 Å². The summed E-state index contributed by atoms with van der Waals surface area (Å²) in [6, 6.07) is 25.3. The summed E-state index contributed by atoms with van der Waals surface area (Å²) in [5, 5.41) is 9.68. The van der Waals surface area contributed by atoms with E-state index in [0.29, 0.717) is 5.56 Å². The van der Waals surface area contributed by atoms with Gasteiger partial charge in [-0.05, 0) is 42.3 Å². The number of hydrogen-bond donors (Lipinski definition) is 1. The van der Waals surface area contributed by atoms with Crippen molar-refractivity contribution in [1.82, 2.24) is 5.01 Å². The fourth-order valence-corrected chi connectivity index (χ4v) is 3.38. The van der Waals surface area contributed by atoms with E-state index in [1.54, 1.807) is 0 Å². The average molecular weight is 420 g/mol.